The van der Waals surface area contributed by atoms with Gasteiger partial charge in [0.1, 0.15) is 0 Å². The number of hydrogen-bond donors (Lipinski definition) is 1. The summed E-state index contributed by atoms with van der Waals surface area (Å²) in [6, 6.07) is 10.3. The first-order chi connectivity index (χ1) is 13.5. The highest BCUT2D eigenvalue weighted by molar-refractivity contribution is 6.01. The van der Waals surface area contributed by atoms with Gasteiger partial charge in [-0.2, -0.15) is 0 Å². The van der Waals surface area contributed by atoms with Crippen molar-refractivity contribution in [3.05, 3.63) is 77.6 Å². The van der Waals surface area contributed by atoms with Gasteiger partial charge in [0.05, 0.1) is 23.3 Å². The lowest BCUT2D eigenvalue weighted by atomic mass is 10.00. The van der Waals surface area contributed by atoms with Crippen molar-refractivity contribution in [3.63, 3.8) is 0 Å². The number of nitrogens with zero attached hydrogens (tertiary/aromatic N) is 4. The number of benzene rings is 1. The van der Waals surface area contributed by atoms with Gasteiger partial charge in [-0.1, -0.05) is 12.1 Å². The molecule has 1 unspecified atom stereocenters. The van der Waals surface area contributed by atoms with Crippen molar-refractivity contribution >= 4 is 17.5 Å². The molecule has 0 spiro atoms. The monoisotopic (exact) mass is 375 g/mol. The molecule has 0 bridgehead atoms. The number of carbonyl (C=O) groups excluding carboxylic acids is 2. The normalized spacial score (nSPS) is 15.8. The van der Waals surface area contributed by atoms with Crippen LogP contribution in [0, 0.1) is 6.92 Å². The van der Waals surface area contributed by atoms with E-state index in [-0.39, 0.29) is 11.8 Å². The first-order valence-corrected chi connectivity index (χ1v) is 9.13. The van der Waals surface area contributed by atoms with E-state index in [4.69, 9.17) is 0 Å². The molecule has 0 aliphatic carbocycles. The molecular formula is C21H21N5O2. The van der Waals surface area contributed by atoms with Gasteiger partial charge in [0.25, 0.3) is 11.8 Å². The van der Waals surface area contributed by atoms with Crippen molar-refractivity contribution in [2.45, 2.75) is 19.4 Å². The van der Waals surface area contributed by atoms with E-state index in [1.54, 1.807) is 29.6 Å². The number of imidazole rings is 1. The quantitative estimate of drug-likeness (QED) is 0.763. The number of aryl methyl sites for hydroxylation is 2. The maximum absolute atomic E-state index is 13.3. The van der Waals surface area contributed by atoms with Gasteiger partial charge in [-0.25, -0.2) is 4.98 Å². The summed E-state index contributed by atoms with van der Waals surface area (Å²) in [6.45, 7) is 2.39. The molecule has 4 rings (SSSR count). The molecule has 1 N–H and O–H groups in total. The Morgan fingerprint density at radius 2 is 2.07 bits per heavy atom. The number of aromatic nitrogens is 3. The Morgan fingerprint density at radius 3 is 2.82 bits per heavy atom. The molecule has 1 aromatic carbocycles. The molecule has 3 aromatic rings. The fraction of sp³-hybridized carbons (Fsp3) is 0.238. The Bertz CT molecular complexity index is 1030. The molecule has 28 heavy (non-hydrogen) atoms. The summed E-state index contributed by atoms with van der Waals surface area (Å²) in [4.78, 5) is 36.5. The number of hydrogen-bond acceptors (Lipinski definition) is 4. The molecule has 0 saturated heterocycles. The SMILES string of the molecule is Cc1cccc(NC(=O)C2c3c(ncn3C)CCN2C(=O)c2cccnc2)c1. The third kappa shape index (κ3) is 3.26. The zero-order chi connectivity index (χ0) is 19.7. The molecule has 0 fully saturated rings. The van der Waals surface area contributed by atoms with Crippen LogP contribution >= 0.6 is 0 Å². The summed E-state index contributed by atoms with van der Waals surface area (Å²) < 4.78 is 1.82. The average Bonchev–Trinajstić information content (AvgIpc) is 3.08. The molecule has 2 amide bonds. The lowest BCUT2D eigenvalue weighted by molar-refractivity contribution is -0.121. The molecule has 1 atom stereocenters. The minimum atomic E-state index is -0.760. The van der Waals surface area contributed by atoms with Gasteiger partial charge in [0.2, 0.25) is 0 Å². The molecule has 1 aliphatic heterocycles. The fourth-order valence-corrected chi connectivity index (χ4v) is 3.61. The predicted octanol–water partition coefficient (Wildman–Crippen LogP) is 2.50. The molecule has 142 valence electrons. The Kier molecular flexibility index (Phi) is 4.65. The van der Waals surface area contributed by atoms with Crippen LogP contribution in [0.3, 0.4) is 0 Å². The van der Waals surface area contributed by atoms with Gasteiger partial charge in [-0.3, -0.25) is 14.6 Å². The molecule has 7 heteroatoms. The van der Waals surface area contributed by atoms with E-state index in [0.29, 0.717) is 24.2 Å². The van der Waals surface area contributed by atoms with E-state index in [1.807, 2.05) is 42.8 Å². The summed E-state index contributed by atoms with van der Waals surface area (Å²) in [5.41, 5.74) is 3.80. The van der Waals surface area contributed by atoms with Crippen LogP contribution in [0.5, 0.6) is 0 Å². The highest BCUT2D eigenvalue weighted by Gasteiger charge is 2.39. The summed E-state index contributed by atoms with van der Waals surface area (Å²) in [5.74, 6) is -0.475. The van der Waals surface area contributed by atoms with Crippen LogP contribution in [0.1, 0.15) is 33.4 Å². The van der Waals surface area contributed by atoms with E-state index in [2.05, 4.69) is 15.3 Å². The van der Waals surface area contributed by atoms with Crippen LogP contribution in [-0.4, -0.2) is 37.8 Å². The number of pyridine rings is 1. The Balaban J connectivity index is 1.71. The van der Waals surface area contributed by atoms with Crippen molar-refractivity contribution in [1.29, 1.82) is 0 Å². The maximum atomic E-state index is 13.3. The second-order valence-corrected chi connectivity index (χ2v) is 6.94. The average molecular weight is 375 g/mol. The van der Waals surface area contributed by atoms with Gasteiger partial charge >= 0.3 is 0 Å². The van der Waals surface area contributed by atoms with E-state index in [0.717, 1.165) is 17.0 Å². The van der Waals surface area contributed by atoms with E-state index < -0.39 is 6.04 Å². The van der Waals surface area contributed by atoms with E-state index in [9.17, 15) is 9.59 Å². The molecule has 0 saturated carbocycles. The van der Waals surface area contributed by atoms with Gasteiger partial charge in [-0.05, 0) is 36.8 Å². The number of nitrogens with one attached hydrogen (secondary N) is 1. The minimum absolute atomic E-state index is 0.218. The molecule has 3 heterocycles. The third-order valence-corrected chi connectivity index (χ3v) is 4.93. The first kappa shape index (κ1) is 17.9. The number of amides is 2. The van der Waals surface area contributed by atoms with Crippen LogP contribution in [0.4, 0.5) is 5.69 Å². The number of carbonyl (C=O) groups is 2. The Hall–Kier alpha value is -3.48. The topological polar surface area (TPSA) is 80.1 Å². The fourth-order valence-electron chi connectivity index (χ4n) is 3.61. The smallest absolute Gasteiger partial charge is 0.256 e. The maximum Gasteiger partial charge on any atom is 0.256 e. The van der Waals surface area contributed by atoms with Crippen molar-refractivity contribution in [3.8, 4) is 0 Å². The van der Waals surface area contributed by atoms with E-state index in [1.165, 1.54) is 6.20 Å². The van der Waals surface area contributed by atoms with Crippen molar-refractivity contribution in [1.82, 2.24) is 19.4 Å². The predicted molar refractivity (Wildman–Crippen MR) is 105 cm³/mol. The summed E-state index contributed by atoms with van der Waals surface area (Å²) >= 11 is 0. The van der Waals surface area contributed by atoms with Crippen LogP contribution in [0.25, 0.3) is 0 Å². The van der Waals surface area contributed by atoms with Crippen molar-refractivity contribution < 1.29 is 9.59 Å². The second-order valence-electron chi connectivity index (χ2n) is 6.94. The lowest BCUT2D eigenvalue weighted by Crippen LogP contribution is -2.46. The zero-order valence-corrected chi connectivity index (χ0v) is 15.8. The van der Waals surface area contributed by atoms with Crippen LogP contribution in [0.2, 0.25) is 0 Å². The molecule has 1 aliphatic rings. The largest absolute Gasteiger partial charge is 0.335 e. The molecule has 2 aromatic heterocycles. The number of anilines is 1. The summed E-state index contributed by atoms with van der Waals surface area (Å²) in [5, 5.41) is 2.96. The highest BCUT2D eigenvalue weighted by Crippen LogP contribution is 2.31. The standard InChI is InChI=1S/C21H21N5O2/c1-14-5-3-7-16(11-14)24-20(27)19-18-17(23-13-25(18)2)8-10-26(19)21(28)15-6-4-9-22-12-15/h3-7,9,11-13,19H,8,10H2,1-2H3,(H,24,27). The third-order valence-electron chi connectivity index (χ3n) is 4.93. The highest BCUT2D eigenvalue weighted by atomic mass is 16.2. The van der Waals surface area contributed by atoms with Crippen molar-refractivity contribution in [2.24, 2.45) is 7.05 Å². The molecule has 7 nitrogen and oxygen atoms in total. The van der Waals surface area contributed by atoms with Crippen LogP contribution < -0.4 is 5.32 Å². The van der Waals surface area contributed by atoms with Gasteiger partial charge in [0, 0.05) is 38.1 Å². The number of fused-ring (bicyclic) bond motifs is 1. The van der Waals surface area contributed by atoms with E-state index >= 15 is 0 Å². The summed E-state index contributed by atoms with van der Waals surface area (Å²) in [6.07, 6.45) is 5.44. The number of rotatable bonds is 3. The lowest BCUT2D eigenvalue weighted by Gasteiger charge is -2.35. The van der Waals surface area contributed by atoms with Crippen molar-refractivity contribution in [2.75, 3.05) is 11.9 Å². The Labute approximate surface area is 163 Å². The summed E-state index contributed by atoms with van der Waals surface area (Å²) in [7, 11) is 1.84. The van der Waals surface area contributed by atoms with Gasteiger partial charge in [0.15, 0.2) is 6.04 Å². The molecular weight excluding hydrogens is 354 g/mol. The van der Waals surface area contributed by atoms with Crippen LogP contribution in [0.15, 0.2) is 55.1 Å². The zero-order valence-electron chi connectivity index (χ0n) is 15.8. The second kappa shape index (κ2) is 7.26. The first-order valence-electron chi connectivity index (χ1n) is 9.13. The van der Waals surface area contributed by atoms with Crippen LogP contribution in [-0.2, 0) is 18.3 Å². The molecule has 0 radical (unpaired) electrons. The minimum Gasteiger partial charge on any atom is -0.335 e. The van der Waals surface area contributed by atoms with Gasteiger partial charge in [-0.15, -0.1) is 0 Å². The Morgan fingerprint density at radius 1 is 1.21 bits per heavy atom. The van der Waals surface area contributed by atoms with Gasteiger partial charge < -0.3 is 14.8 Å².